The van der Waals surface area contributed by atoms with Crippen molar-refractivity contribution in [3.05, 3.63) is 96.1 Å². The lowest BCUT2D eigenvalue weighted by Gasteiger charge is -2.36. The highest BCUT2D eigenvalue weighted by atomic mass is 14.4. The van der Waals surface area contributed by atoms with E-state index in [9.17, 15) is 0 Å². The molecule has 0 bridgehead atoms. The van der Waals surface area contributed by atoms with Gasteiger partial charge in [0.2, 0.25) is 0 Å². The molecule has 27 heavy (non-hydrogen) atoms. The molecule has 0 aromatic heterocycles. The van der Waals surface area contributed by atoms with Crippen LogP contribution in [0.5, 0.6) is 0 Å². The van der Waals surface area contributed by atoms with Crippen molar-refractivity contribution in [2.45, 2.75) is 19.3 Å². The second-order valence-corrected chi connectivity index (χ2v) is 8.24. The van der Waals surface area contributed by atoms with E-state index in [2.05, 4.69) is 98.8 Å². The topological polar surface area (TPSA) is 0 Å². The number of rotatable bonds is 0. The van der Waals surface area contributed by atoms with Gasteiger partial charge >= 0.3 is 0 Å². The predicted octanol–water partition coefficient (Wildman–Crippen LogP) is 7.45. The van der Waals surface area contributed by atoms with Crippen molar-refractivity contribution in [3.8, 4) is 11.1 Å². The first-order chi connectivity index (χ1) is 13.1. The van der Waals surface area contributed by atoms with Crippen LogP contribution in [-0.2, 0) is 5.41 Å². The molecule has 0 fully saturated rings. The summed E-state index contributed by atoms with van der Waals surface area (Å²) in [5.41, 5.74) is 5.60. The maximum atomic E-state index is 2.39. The molecule has 1 aliphatic carbocycles. The summed E-state index contributed by atoms with van der Waals surface area (Å²) in [6, 6.07) is 31.5. The molecule has 5 aromatic carbocycles. The van der Waals surface area contributed by atoms with Crippen LogP contribution in [0.25, 0.3) is 43.4 Å². The third kappa shape index (κ3) is 1.88. The average molecular weight is 344 g/mol. The summed E-state index contributed by atoms with van der Waals surface area (Å²) >= 11 is 0. The van der Waals surface area contributed by atoms with Gasteiger partial charge in [0.25, 0.3) is 0 Å². The molecule has 1 aliphatic rings. The Kier molecular flexibility index (Phi) is 2.77. The Hall–Kier alpha value is -3.12. The van der Waals surface area contributed by atoms with Gasteiger partial charge < -0.3 is 0 Å². The van der Waals surface area contributed by atoms with E-state index in [0.29, 0.717) is 0 Å². The molecule has 6 rings (SSSR count). The highest BCUT2D eigenvalue weighted by Crippen LogP contribution is 2.51. The van der Waals surface area contributed by atoms with E-state index in [4.69, 9.17) is 0 Å². The number of benzene rings is 5. The van der Waals surface area contributed by atoms with Crippen LogP contribution in [0.4, 0.5) is 0 Å². The lowest BCUT2D eigenvalue weighted by molar-refractivity contribution is 0.651. The van der Waals surface area contributed by atoms with Crippen LogP contribution >= 0.6 is 0 Å². The van der Waals surface area contributed by atoms with Crippen molar-refractivity contribution in [1.29, 1.82) is 0 Å². The Labute approximate surface area is 159 Å². The highest BCUT2D eigenvalue weighted by Gasteiger charge is 2.34. The summed E-state index contributed by atoms with van der Waals surface area (Å²) in [6.07, 6.45) is 0. The van der Waals surface area contributed by atoms with E-state index >= 15 is 0 Å². The van der Waals surface area contributed by atoms with Gasteiger partial charge in [-0.25, -0.2) is 0 Å². The van der Waals surface area contributed by atoms with Crippen LogP contribution in [0.15, 0.2) is 84.9 Å². The van der Waals surface area contributed by atoms with E-state index in [1.54, 1.807) is 0 Å². The molecule has 0 saturated carbocycles. The fourth-order valence-electron chi connectivity index (χ4n) is 5.13. The predicted molar refractivity (Wildman–Crippen MR) is 117 cm³/mol. The van der Waals surface area contributed by atoms with Crippen LogP contribution in [0.2, 0.25) is 0 Å². The van der Waals surface area contributed by atoms with Crippen LogP contribution in [-0.4, -0.2) is 0 Å². The molecular weight excluding hydrogens is 324 g/mol. The molecule has 0 saturated heterocycles. The van der Waals surface area contributed by atoms with Crippen molar-refractivity contribution in [2.75, 3.05) is 0 Å². The maximum absolute atomic E-state index is 2.39. The van der Waals surface area contributed by atoms with Crippen LogP contribution < -0.4 is 0 Å². The summed E-state index contributed by atoms with van der Waals surface area (Å²) in [5.74, 6) is 0. The van der Waals surface area contributed by atoms with Crippen molar-refractivity contribution < 1.29 is 0 Å². The van der Waals surface area contributed by atoms with Gasteiger partial charge in [0.1, 0.15) is 0 Å². The minimum Gasteiger partial charge on any atom is -0.0616 e. The molecule has 0 N–H and O–H groups in total. The average Bonchev–Trinajstić information content (AvgIpc) is 2.69. The monoisotopic (exact) mass is 344 g/mol. The maximum Gasteiger partial charge on any atom is 0.0165 e. The Balaban J connectivity index is 1.84. The normalized spacial score (nSPS) is 14.6. The molecule has 128 valence electrons. The lowest BCUT2D eigenvalue weighted by atomic mass is 9.67. The van der Waals surface area contributed by atoms with E-state index in [1.807, 2.05) is 0 Å². The summed E-state index contributed by atoms with van der Waals surface area (Å²) in [4.78, 5) is 0. The summed E-state index contributed by atoms with van der Waals surface area (Å²) < 4.78 is 0. The van der Waals surface area contributed by atoms with Crippen molar-refractivity contribution >= 4 is 32.3 Å². The highest BCUT2D eigenvalue weighted by molar-refractivity contribution is 6.09. The first kappa shape index (κ1) is 15.0. The van der Waals surface area contributed by atoms with Gasteiger partial charge in [0, 0.05) is 5.41 Å². The molecule has 0 atom stereocenters. The summed E-state index contributed by atoms with van der Waals surface area (Å²) in [6.45, 7) is 4.76. The van der Waals surface area contributed by atoms with Crippen molar-refractivity contribution in [1.82, 2.24) is 0 Å². The first-order valence-corrected chi connectivity index (χ1v) is 9.63. The molecule has 0 radical (unpaired) electrons. The third-order valence-corrected chi connectivity index (χ3v) is 6.38. The van der Waals surface area contributed by atoms with Crippen LogP contribution in [0.1, 0.15) is 25.0 Å². The van der Waals surface area contributed by atoms with E-state index in [0.717, 1.165) is 0 Å². The minimum atomic E-state index is -0.0365. The quantitative estimate of drug-likeness (QED) is 0.256. The zero-order valence-electron chi connectivity index (χ0n) is 15.6. The summed E-state index contributed by atoms with van der Waals surface area (Å²) in [7, 11) is 0. The van der Waals surface area contributed by atoms with E-state index < -0.39 is 0 Å². The molecule has 0 nitrogen and oxygen atoms in total. The van der Waals surface area contributed by atoms with Gasteiger partial charge in [0.15, 0.2) is 0 Å². The van der Waals surface area contributed by atoms with Crippen molar-refractivity contribution in [3.63, 3.8) is 0 Å². The van der Waals surface area contributed by atoms with Gasteiger partial charge in [-0.2, -0.15) is 0 Å². The molecule has 0 unspecified atom stereocenters. The van der Waals surface area contributed by atoms with Crippen LogP contribution in [0.3, 0.4) is 0 Å². The van der Waals surface area contributed by atoms with Gasteiger partial charge in [-0.15, -0.1) is 0 Å². The number of hydrogen-bond donors (Lipinski definition) is 0. The van der Waals surface area contributed by atoms with Gasteiger partial charge in [-0.05, 0) is 66.7 Å². The molecular formula is C27H20. The third-order valence-electron chi connectivity index (χ3n) is 6.38. The lowest BCUT2D eigenvalue weighted by Crippen LogP contribution is -2.24. The molecule has 0 amide bonds. The van der Waals surface area contributed by atoms with Gasteiger partial charge in [-0.1, -0.05) is 86.6 Å². The zero-order valence-corrected chi connectivity index (χ0v) is 15.6. The van der Waals surface area contributed by atoms with Crippen molar-refractivity contribution in [2.24, 2.45) is 0 Å². The molecule has 0 aliphatic heterocycles. The Morgan fingerprint density at radius 1 is 0.556 bits per heavy atom. The standard InChI is InChI=1S/C27H20/c1-27(2)24-12-6-10-17-9-5-11-21(25(17)24)22-14-13-20-15-18-7-3-4-8-19(18)16-23(20)26(22)27/h3-16H,1-2H3. The largest absolute Gasteiger partial charge is 0.0616 e. The Morgan fingerprint density at radius 3 is 2.07 bits per heavy atom. The Morgan fingerprint density at radius 2 is 1.26 bits per heavy atom. The first-order valence-electron chi connectivity index (χ1n) is 9.63. The molecule has 5 aromatic rings. The second kappa shape index (κ2) is 4.98. The SMILES string of the molecule is CC1(C)c2c(ccc3cc4ccccc4cc23)-c2cccc3cccc1c23. The fraction of sp³-hybridized carbons (Fsp3) is 0.111. The van der Waals surface area contributed by atoms with Gasteiger partial charge in [0.05, 0.1) is 0 Å². The fourth-order valence-corrected chi connectivity index (χ4v) is 5.13. The summed E-state index contributed by atoms with van der Waals surface area (Å²) in [5, 5.41) is 8.07. The minimum absolute atomic E-state index is 0.0365. The zero-order chi connectivity index (χ0) is 18.2. The molecule has 0 spiro atoms. The smallest absolute Gasteiger partial charge is 0.0165 e. The van der Waals surface area contributed by atoms with E-state index in [1.165, 1.54) is 54.6 Å². The van der Waals surface area contributed by atoms with Crippen LogP contribution in [0, 0.1) is 0 Å². The van der Waals surface area contributed by atoms with E-state index in [-0.39, 0.29) is 5.41 Å². The number of fused-ring (bicyclic) bond motifs is 5. The van der Waals surface area contributed by atoms with Gasteiger partial charge in [-0.3, -0.25) is 0 Å². The second-order valence-electron chi connectivity index (χ2n) is 8.24. The molecule has 0 heterocycles. The number of hydrogen-bond acceptors (Lipinski definition) is 0. The Bertz CT molecular complexity index is 1380. The molecule has 0 heteroatoms.